The van der Waals surface area contributed by atoms with Crippen LogP contribution in [0.1, 0.15) is 27.2 Å². The van der Waals surface area contributed by atoms with E-state index in [-0.39, 0.29) is 5.60 Å². The second-order valence-electron chi connectivity index (χ2n) is 5.19. The highest BCUT2D eigenvalue weighted by atomic mass is 32.2. The SMILES string of the molecule is COC(C)(C)C[C@H](C)Nc1ccc([S@](C)=O)cc1. The molecule has 0 aliphatic heterocycles. The molecule has 1 N–H and O–H groups in total. The first-order chi connectivity index (χ1) is 8.34. The van der Waals surface area contributed by atoms with Gasteiger partial charge < -0.3 is 10.1 Å². The van der Waals surface area contributed by atoms with E-state index in [1.165, 1.54) is 0 Å². The second kappa shape index (κ2) is 6.34. The highest BCUT2D eigenvalue weighted by Crippen LogP contribution is 2.19. The Kier molecular flexibility index (Phi) is 5.35. The monoisotopic (exact) mass is 269 g/mol. The van der Waals surface area contributed by atoms with Crippen LogP contribution in [0.4, 0.5) is 5.69 Å². The maximum absolute atomic E-state index is 11.3. The third-order valence-corrected chi connectivity index (χ3v) is 3.89. The molecule has 0 aliphatic carbocycles. The van der Waals surface area contributed by atoms with Crippen molar-refractivity contribution >= 4 is 16.5 Å². The molecule has 0 aromatic heterocycles. The predicted molar refractivity (Wildman–Crippen MR) is 77.6 cm³/mol. The van der Waals surface area contributed by atoms with Crippen molar-refractivity contribution in [1.82, 2.24) is 0 Å². The number of hydrogen-bond donors (Lipinski definition) is 1. The average molecular weight is 269 g/mol. The molecule has 0 amide bonds. The third kappa shape index (κ3) is 4.78. The second-order valence-corrected chi connectivity index (χ2v) is 6.57. The molecule has 0 aliphatic rings. The van der Waals surface area contributed by atoms with Crippen molar-refractivity contribution < 1.29 is 8.95 Å². The van der Waals surface area contributed by atoms with Crippen molar-refractivity contribution in [3.8, 4) is 0 Å². The van der Waals surface area contributed by atoms with Crippen LogP contribution in [0.15, 0.2) is 29.2 Å². The number of hydrogen-bond acceptors (Lipinski definition) is 3. The molecular formula is C14H23NO2S. The van der Waals surface area contributed by atoms with Crippen molar-refractivity contribution in [2.75, 3.05) is 18.7 Å². The van der Waals surface area contributed by atoms with E-state index < -0.39 is 10.8 Å². The molecule has 0 saturated carbocycles. The molecule has 0 unspecified atom stereocenters. The molecule has 18 heavy (non-hydrogen) atoms. The smallest absolute Gasteiger partial charge is 0.0642 e. The van der Waals surface area contributed by atoms with Crippen molar-refractivity contribution in [1.29, 1.82) is 0 Å². The fourth-order valence-electron chi connectivity index (χ4n) is 1.90. The summed E-state index contributed by atoms with van der Waals surface area (Å²) in [6.45, 7) is 6.29. The van der Waals surface area contributed by atoms with Crippen molar-refractivity contribution in [3.63, 3.8) is 0 Å². The van der Waals surface area contributed by atoms with Gasteiger partial charge in [0.15, 0.2) is 0 Å². The van der Waals surface area contributed by atoms with Gasteiger partial charge in [-0.25, -0.2) is 0 Å². The topological polar surface area (TPSA) is 38.3 Å². The summed E-state index contributed by atoms with van der Waals surface area (Å²) in [7, 11) is 0.819. The maximum atomic E-state index is 11.3. The van der Waals surface area contributed by atoms with Crippen molar-refractivity contribution in [3.05, 3.63) is 24.3 Å². The van der Waals surface area contributed by atoms with E-state index in [1.54, 1.807) is 13.4 Å². The third-order valence-electron chi connectivity index (χ3n) is 2.95. The summed E-state index contributed by atoms with van der Waals surface area (Å²) in [6.07, 6.45) is 2.61. The Morgan fingerprint density at radius 2 is 1.89 bits per heavy atom. The quantitative estimate of drug-likeness (QED) is 0.862. The van der Waals surface area contributed by atoms with E-state index in [2.05, 4.69) is 26.1 Å². The predicted octanol–water partition coefficient (Wildman–Crippen LogP) is 3.04. The fourth-order valence-corrected chi connectivity index (χ4v) is 2.42. The van der Waals surface area contributed by atoms with E-state index in [0.717, 1.165) is 17.0 Å². The first-order valence-corrected chi connectivity index (χ1v) is 7.65. The molecule has 0 bridgehead atoms. The standard InChI is InChI=1S/C14H23NO2S/c1-11(10-14(2,3)17-4)15-12-6-8-13(9-7-12)18(5)16/h6-9,11,15H,10H2,1-5H3/t11-,18-/m0/s1. The Hall–Kier alpha value is -0.870. The van der Waals surface area contributed by atoms with Gasteiger partial charge in [0.05, 0.1) is 5.60 Å². The minimum absolute atomic E-state index is 0.128. The molecule has 0 radical (unpaired) electrons. The minimum atomic E-state index is -0.915. The van der Waals surface area contributed by atoms with E-state index in [0.29, 0.717) is 6.04 Å². The first kappa shape index (κ1) is 15.2. The van der Waals surface area contributed by atoms with Gasteiger partial charge in [-0.15, -0.1) is 0 Å². The van der Waals surface area contributed by atoms with Gasteiger partial charge in [-0.05, 0) is 51.5 Å². The minimum Gasteiger partial charge on any atom is -0.382 e. The Bertz CT molecular complexity index is 401. The molecule has 4 heteroatoms. The largest absolute Gasteiger partial charge is 0.382 e. The van der Waals surface area contributed by atoms with E-state index in [9.17, 15) is 4.21 Å². The molecule has 0 spiro atoms. The summed E-state index contributed by atoms with van der Waals surface area (Å²) in [5.74, 6) is 0. The number of rotatable bonds is 6. The van der Waals surface area contributed by atoms with E-state index >= 15 is 0 Å². The van der Waals surface area contributed by atoms with Gasteiger partial charge in [-0.1, -0.05) is 0 Å². The zero-order valence-electron chi connectivity index (χ0n) is 11.8. The molecule has 3 nitrogen and oxygen atoms in total. The van der Waals surface area contributed by atoms with Crippen molar-refractivity contribution in [2.24, 2.45) is 0 Å². The molecule has 1 rings (SSSR count). The number of ether oxygens (including phenoxy) is 1. The maximum Gasteiger partial charge on any atom is 0.0642 e. The van der Waals surface area contributed by atoms with E-state index in [4.69, 9.17) is 4.74 Å². The van der Waals surface area contributed by atoms with Gasteiger partial charge in [0.25, 0.3) is 0 Å². The lowest BCUT2D eigenvalue weighted by molar-refractivity contribution is 0.0128. The Labute approximate surface area is 112 Å². The molecule has 2 atom stereocenters. The molecule has 0 saturated heterocycles. The summed E-state index contributed by atoms with van der Waals surface area (Å²) in [6, 6.07) is 8.04. The number of anilines is 1. The van der Waals surface area contributed by atoms with Crippen LogP contribution in [0, 0.1) is 0 Å². The summed E-state index contributed by atoms with van der Waals surface area (Å²) in [5.41, 5.74) is 0.917. The fraction of sp³-hybridized carbons (Fsp3) is 0.571. The van der Waals surface area contributed by atoms with Gasteiger partial charge in [0.2, 0.25) is 0 Å². The van der Waals surface area contributed by atoms with Crippen molar-refractivity contribution in [2.45, 2.75) is 43.7 Å². The first-order valence-electron chi connectivity index (χ1n) is 6.09. The zero-order chi connectivity index (χ0) is 13.8. The molecule has 0 heterocycles. The summed E-state index contributed by atoms with van der Waals surface area (Å²) in [4.78, 5) is 0.852. The lowest BCUT2D eigenvalue weighted by Crippen LogP contribution is -2.31. The molecule has 102 valence electrons. The summed E-state index contributed by atoms with van der Waals surface area (Å²) in [5, 5.41) is 3.42. The lowest BCUT2D eigenvalue weighted by atomic mass is 10.00. The van der Waals surface area contributed by atoms with Crippen LogP contribution in [0.3, 0.4) is 0 Å². The summed E-state index contributed by atoms with van der Waals surface area (Å²) < 4.78 is 16.7. The van der Waals surface area contributed by atoms with Crippen LogP contribution >= 0.6 is 0 Å². The Morgan fingerprint density at radius 3 is 2.33 bits per heavy atom. The Balaban J connectivity index is 2.59. The number of nitrogens with one attached hydrogen (secondary N) is 1. The normalized spacial score (nSPS) is 15.2. The molecular weight excluding hydrogens is 246 g/mol. The van der Waals surface area contributed by atoms with Gasteiger partial charge in [-0.2, -0.15) is 0 Å². The zero-order valence-corrected chi connectivity index (χ0v) is 12.6. The molecule has 0 fully saturated rings. The highest BCUT2D eigenvalue weighted by molar-refractivity contribution is 7.84. The Morgan fingerprint density at radius 1 is 1.33 bits per heavy atom. The van der Waals surface area contributed by atoms with Gasteiger partial charge in [0, 0.05) is 40.8 Å². The number of methoxy groups -OCH3 is 1. The van der Waals surface area contributed by atoms with Crippen LogP contribution in [-0.2, 0) is 15.5 Å². The van der Waals surface area contributed by atoms with Crippen LogP contribution in [0.25, 0.3) is 0 Å². The molecule has 1 aromatic rings. The summed E-state index contributed by atoms with van der Waals surface area (Å²) >= 11 is 0. The average Bonchev–Trinajstić information content (AvgIpc) is 2.29. The number of benzene rings is 1. The van der Waals surface area contributed by atoms with Gasteiger partial charge >= 0.3 is 0 Å². The lowest BCUT2D eigenvalue weighted by Gasteiger charge is -2.27. The van der Waals surface area contributed by atoms with Crippen LogP contribution in [-0.4, -0.2) is 29.2 Å². The van der Waals surface area contributed by atoms with Crippen LogP contribution < -0.4 is 5.32 Å². The van der Waals surface area contributed by atoms with Crippen LogP contribution in [0.2, 0.25) is 0 Å². The highest BCUT2D eigenvalue weighted by Gasteiger charge is 2.19. The van der Waals surface area contributed by atoms with Gasteiger partial charge in [-0.3, -0.25) is 4.21 Å². The van der Waals surface area contributed by atoms with Gasteiger partial charge in [0.1, 0.15) is 0 Å². The van der Waals surface area contributed by atoms with E-state index in [1.807, 2.05) is 24.3 Å². The molecule has 1 aromatic carbocycles. The van der Waals surface area contributed by atoms with Crippen LogP contribution in [0.5, 0.6) is 0 Å².